The second kappa shape index (κ2) is 11.6. The largest absolute Gasteiger partial charge is 0.455 e. The van der Waals surface area contributed by atoms with E-state index in [-0.39, 0.29) is 0 Å². The second-order valence-electron chi connectivity index (χ2n) is 12.4. The molecule has 0 aliphatic carbocycles. The maximum Gasteiger partial charge on any atom is 0.164 e. The lowest BCUT2D eigenvalue weighted by Gasteiger charge is -2.10. The molecule has 0 unspecified atom stereocenters. The summed E-state index contributed by atoms with van der Waals surface area (Å²) in [6.07, 6.45) is 0. The van der Waals surface area contributed by atoms with Crippen molar-refractivity contribution in [3.63, 3.8) is 0 Å². The molecule has 0 atom stereocenters. The van der Waals surface area contributed by atoms with Crippen molar-refractivity contribution < 1.29 is 4.42 Å². The Morgan fingerprint density at radius 3 is 1.68 bits per heavy atom. The van der Waals surface area contributed by atoms with Crippen LogP contribution in [0.2, 0.25) is 0 Å². The van der Waals surface area contributed by atoms with Crippen LogP contribution < -0.4 is 0 Å². The first kappa shape index (κ1) is 28.6. The Hall–Kier alpha value is -6.43. The van der Waals surface area contributed by atoms with Crippen LogP contribution in [0.1, 0.15) is 0 Å². The number of hydrogen-bond acceptors (Lipinski definition) is 5. The molecule has 234 valence electrons. The van der Waals surface area contributed by atoms with Gasteiger partial charge >= 0.3 is 0 Å². The molecule has 0 amide bonds. The summed E-state index contributed by atoms with van der Waals surface area (Å²) in [5.41, 5.74) is 9.11. The molecule has 3 heterocycles. The van der Waals surface area contributed by atoms with E-state index in [9.17, 15) is 0 Å². The van der Waals surface area contributed by atoms with Crippen LogP contribution in [0.4, 0.5) is 0 Å². The van der Waals surface area contributed by atoms with E-state index in [4.69, 9.17) is 19.4 Å². The van der Waals surface area contributed by atoms with Crippen LogP contribution in [0.15, 0.2) is 168 Å². The van der Waals surface area contributed by atoms with Gasteiger partial charge in [0.1, 0.15) is 11.2 Å². The predicted molar refractivity (Wildman–Crippen MR) is 207 cm³/mol. The summed E-state index contributed by atoms with van der Waals surface area (Å²) >= 11 is 1.84. The molecule has 0 saturated carbocycles. The molecule has 10 rings (SSSR count). The summed E-state index contributed by atoms with van der Waals surface area (Å²) in [5.74, 6) is 1.87. The van der Waals surface area contributed by atoms with Crippen LogP contribution in [0.3, 0.4) is 0 Å². The van der Waals surface area contributed by atoms with Gasteiger partial charge in [-0.15, -0.1) is 11.3 Å². The van der Waals surface area contributed by atoms with Crippen molar-refractivity contribution in [3.05, 3.63) is 164 Å². The fourth-order valence-electron chi connectivity index (χ4n) is 6.99. The zero-order valence-electron chi connectivity index (χ0n) is 26.7. The van der Waals surface area contributed by atoms with E-state index in [1.165, 1.54) is 36.9 Å². The molecule has 0 fully saturated rings. The molecule has 4 nitrogen and oxygen atoms in total. The SMILES string of the molecule is c1ccc(-c2nc(-c3ccccc3)nc(-c3ccc4c(c3)oc3c(-c5ccc(-c6ccccc6)c6c5sc5ccccc56)cccc34)n2)cc1. The number of furan rings is 1. The lowest BCUT2D eigenvalue weighted by atomic mass is 9.94. The van der Waals surface area contributed by atoms with Crippen molar-refractivity contribution in [2.24, 2.45) is 0 Å². The fourth-order valence-corrected chi connectivity index (χ4v) is 8.24. The predicted octanol–water partition coefficient (Wildman–Crippen LogP) is 12.5. The standard InChI is InChI=1S/C45H27N3OS/c1-4-13-28(14-5-1)32-25-26-36(42-40(32)37-19-10-11-22-39(37)50-42)35-21-12-20-34-33-24-23-31(27-38(33)49-41(34)35)45-47-43(29-15-6-2-7-16-29)46-44(48-45)30-17-8-3-9-18-30/h1-27H. The number of benzene rings is 7. The summed E-state index contributed by atoms with van der Waals surface area (Å²) in [6, 6.07) is 56.7. The zero-order chi connectivity index (χ0) is 33.0. The molecule has 0 saturated heterocycles. The van der Waals surface area contributed by atoms with Crippen molar-refractivity contribution in [3.8, 4) is 56.4 Å². The van der Waals surface area contributed by atoms with Crippen LogP contribution in [0.25, 0.3) is 98.5 Å². The highest BCUT2D eigenvalue weighted by Gasteiger charge is 2.20. The zero-order valence-corrected chi connectivity index (χ0v) is 27.6. The maximum atomic E-state index is 6.80. The molecule has 0 spiro atoms. The first-order valence-electron chi connectivity index (χ1n) is 16.6. The number of aromatic nitrogens is 3. The minimum absolute atomic E-state index is 0.601. The van der Waals surface area contributed by atoms with Gasteiger partial charge in [-0.1, -0.05) is 146 Å². The van der Waals surface area contributed by atoms with Gasteiger partial charge in [-0.25, -0.2) is 15.0 Å². The smallest absolute Gasteiger partial charge is 0.164 e. The van der Waals surface area contributed by atoms with E-state index >= 15 is 0 Å². The van der Waals surface area contributed by atoms with E-state index < -0.39 is 0 Å². The van der Waals surface area contributed by atoms with Gasteiger partial charge in [-0.05, 0) is 29.3 Å². The molecule has 10 aromatic rings. The summed E-state index contributed by atoms with van der Waals surface area (Å²) in [6.45, 7) is 0. The van der Waals surface area contributed by atoms with Crippen LogP contribution in [0.5, 0.6) is 0 Å². The van der Waals surface area contributed by atoms with Crippen LogP contribution in [-0.2, 0) is 0 Å². The lowest BCUT2D eigenvalue weighted by molar-refractivity contribution is 0.670. The van der Waals surface area contributed by atoms with Crippen molar-refractivity contribution >= 4 is 53.4 Å². The monoisotopic (exact) mass is 657 g/mol. The van der Waals surface area contributed by atoms with Crippen LogP contribution in [0, 0.1) is 0 Å². The van der Waals surface area contributed by atoms with Gasteiger partial charge in [0.2, 0.25) is 0 Å². The molecule has 0 radical (unpaired) electrons. The van der Waals surface area contributed by atoms with Gasteiger partial charge < -0.3 is 4.42 Å². The summed E-state index contributed by atoms with van der Waals surface area (Å²) in [5, 5.41) is 4.69. The average molecular weight is 658 g/mol. The van der Waals surface area contributed by atoms with Gasteiger partial charge in [-0.3, -0.25) is 0 Å². The molecule has 5 heteroatoms. The number of fused-ring (bicyclic) bond motifs is 6. The van der Waals surface area contributed by atoms with Gasteiger partial charge in [0.05, 0.1) is 0 Å². The normalized spacial score (nSPS) is 11.6. The number of hydrogen-bond donors (Lipinski definition) is 0. The highest BCUT2D eigenvalue weighted by atomic mass is 32.1. The Bertz CT molecular complexity index is 2800. The molecule has 0 aliphatic heterocycles. The molecular weight excluding hydrogens is 631 g/mol. The van der Waals surface area contributed by atoms with E-state index in [0.29, 0.717) is 17.5 Å². The molecule has 0 bridgehead atoms. The maximum absolute atomic E-state index is 6.80. The first-order chi connectivity index (χ1) is 24.8. The van der Waals surface area contributed by atoms with E-state index in [1.54, 1.807) is 0 Å². The molecule has 0 aliphatic rings. The van der Waals surface area contributed by atoms with Crippen LogP contribution >= 0.6 is 11.3 Å². The Kier molecular flexibility index (Phi) is 6.64. The third-order valence-electron chi connectivity index (χ3n) is 9.36. The molecule has 3 aromatic heterocycles. The Balaban J connectivity index is 1.16. The average Bonchev–Trinajstić information content (AvgIpc) is 3.77. The quantitative estimate of drug-likeness (QED) is 0.185. The summed E-state index contributed by atoms with van der Waals surface area (Å²) < 4.78 is 9.33. The van der Waals surface area contributed by atoms with Crippen molar-refractivity contribution in [1.82, 2.24) is 15.0 Å². The first-order valence-corrected chi connectivity index (χ1v) is 17.4. The molecule has 50 heavy (non-hydrogen) atoms. The van der Waals surface area contributed by atoms with Crippen molar-refractivity contribution in [2.75, 3.05) is 0 Å². The Morgan fingerprint density at radius 1 is 0.400 bits per heavy atom. The van der Waals surface area contributed by atoms with E-state index in [0.717, 1.165) is 44.2 Å². The number of nitrogens with zero attached hydrogens (tertiary/aromatic N) is 3. The number of rotatable bonds is 5. The highest BCUT2D eigenvalue weighted by molar-refractivity contribution is 7.26. The van der Waals surface area contributed by atoms with Crippen LogP contribution in [-0.4, -0.2) is 15.0 Å². The van der Waals surface area contributed by atoms with Crippen molar-refractivity contribution in [1.29, 1.82) is 0 Å². The summed E-state index contributed by atoms with van der Waals surface area (Å²) in [4.78, 5) is 14.8. The summed E-state index contributed by atoms with van der Waals surface area (Å²) in [7, 11) is 0. The van der Waals surface area contributed by atoms with Crippen molar-refractivity contribution in [2.45, 2.75) is 0 Å². The van der Waals surface area contributed by atoms with Gasteiger partial charge in [0.25, 0.3) is 0 Å². The number of thiophene rings is 1. The minimum atomic E-state index is 0.601. The molecule has 7 aromatic carbocycles. The van der Waals surface area contributed by atoms with Gasteiger partial charge in [0, 0.05) is 58.8 Å². The molecule has 0 N–H and O–H groups in total. The third-order valence-corrected chi connectivity index (χ3v) is 10.6. The van der Waals surface area contributed by atoms with Gasteiger partial charge in [0.15, 0.2) is 17.5 Å². The Morgan fingerprint density at radius 2 is 0.980 bits per heavy atom. The second-order valence-corrected chi connectivity index (χ2v) is 13.4. The fraction of sp³-hybridized carbons (Fsp3) is 0. The third kappa shape index (κ3) is 4.71. The number of para-hydroxylation sites is 1. The topological polar surface area (TPSA) is 51.8 Å². The van der Waals surface area contributed by atoms with E-state index in [1.807, 2.05) is 72.0 Å². The Labute approximate surface area is 292 Å². The molecular formula is C45H27N3OS. The van der Waals surface area contributed by atoms with Gasteiger partial charge in [-0.2, -0.15) is 0 Å². The van der Waals surface area contributed by atoms with E-state index in [2.05, 4.69) is 103 Å². The lowest BCUT2D eigenvalue weighted by Crippen LogP contribution is -2.00. The highest BCUT2D eigenvalue weighted by Crippen LogP contribution is 2.47. The minimum Gasteiger partial charge on any atom is -0.455 e.